The highest BCUT2D eigenvalue weighted by Crippen LogP contribution is 2.20. The molecular formula is C17H18BrNO3S. The second-order valence-electron chi connectivity index (χ2n) is 5.29. The number of nitrogens with one attached hydrogen (secondary N) is 1. The summed E-state index contributed by atoms with van der Waals surface area (Å²) in [5, 5.41) is 2.95. The summed E-state index contributed by atoms with van der Waals surface area (Å²) in [5.74, 6) is -0.287. The molecule has 23 heavy (non-hydrogen) atoms. The van der Waals surface area contributed by atoms with Gasteiger partial charge < -0.3 is 5.32 Å². The number of halogens is 1. The molecular weight excluding hydrogens is 378 g/mol. The molecule has 1 N–H and O–H groups in total. The van der Waals surface area contributed by atoms with E-state index in [1.807, 2.05) is 31.2 Å². The van der Waals surface area contributed by atoms with Crippen molar-refractivity contribution in [1.29, 1.82) is 0 Å². The van der Waals surface area contributed by atoms with E-state index in [9.17, 15) is 13.2 Å². The van der Waals surface area contributed by atoms with E-state index in [0.717, 1.165) is 22.7 Å². The van der Waals surface area contributed by atoms with Gasteiger partial charge in [0.15, 0.2) is 9.84 Å². The van der Waals surface area contributed by atoms with Crippen LogP contribution in [0.15, 0.2) is 57.9 Å². The average Bonchev–Trinajstić information content (AvgIpc) is 2.52. The second kappa shape index (κ2) is 7.27. The van der Waals surface area contributed by atoms with Gasteiger partial charge in [-0.1, -0.05) is 41.1 Å². The minimum atomic E-state index is -3.34. The Kier molecular flexibility index (Phi) is 5.59. The number of sulfone groups is 1. The van der Waals surface area contributed by atoms with E-state index >= 15 is 0 Å². The second-order valence-corrected chi connectivity index (χ2v) is 8.22. The largest absolute Gasteiger partial charge is 0.345 e. The molecule has 0 saturated carbocycles. The Morgan fingerprint density at radius 2 is 1.83 bits per heavy atom. The normalized spacial score (nSPS) is 12.7. The van der Waals surface area contributed by atoms with Crippen LogP contribution < -0.4 is 5.32 Å². The van der Waals surface area contributed by atoms with E-state index in [1.54, 1.807) is 12.1 Å². The number of hydrogen-bond acceptors (Lipinski definition) is 3. The standard InChI is InChI=1S/C17H18BrNO3S/c1-3-16(12-7-9-14(18)10-8-12)19-17(20)13-5-4-6-15(11-13)23(2,21)22/h4-11,16H,3H2,1-2H3,(H,19,20). The Hall–Kier alpha value is -1.66. The van der Waals surface area contributed by atoms with Crippen LogP contribution in [-0.2, 0) is 9.84 Å². The third-order valence-electron chi connectivity index (χ3n) is 3.51. The molecule has 122 valence electrons. The van der Waals surface area contributed by atoms with E-state index in [0.29, 0.717) is 5.56 Å². The van der Waals surface area contributed by atoms with Gasteiger partial charge in [-0.15, -0.1) is 0 Å². The SMILES string of the molecule is CCC(NC(=O)c1cccc(S(C)(=O)=O)c1)c1ccc(Br)cc1. The lowest BCUT2D eigenvalue weighted by Gasteiger charge is -2.18. The van der Waals surface area contributed by atoms with Gasteiger partial charge in [-0.2, -0.15) is 0 Å². The van der Waals surface area contributed by atoms with Gasteiger partial charge in [-0.3, -0.25) is 4.79 Å². The van der Waals surface area contributed by atoms with Crippen LogP contribution >= 0.6 is 15.9 Å². The maximum absolute atomic E-state index is 12.4. The van der Waals surface area contributed by atoms with Gasteiger partial charge in [0, 0.05) is 16.3 Å². The molecule has 4 nitrogen and oxygen atoms in total. The average molecular weight is 396 g/mol. The van der Waals surface area contributed by atoms with Crippen molar-refractivity contribution in [3.63, 3.8) is 0 Å². The molecule has 0 spiro atoms. The van der Waals surface area contributed by atoms with Crippen molar-refractivity contribution in [1.82, 2.24) is 5.32 Å². The maximum atomic E-state index is 12.4. The minimum Gasteiger partial charge on any atom is -0.345 e. The Balaban J connectivity index is 2.22. The predicted molar refractivity (Wildman–Crippen MR) is 94.2 cm³/mol. The summed E-state index contributed by atoms with van der Waals surface area (Å²) in [6, 6.07) is 13.7. The molecule has 6 heteroatoms. The quantitative estimate of drug-likeness (QED) is 0.838. The number of benzene rings is 2. The smallest absolute Gasteiger partial charge is 0.251 e. The van der Waals surface area contributed by atoms with Crippen LogP contribution in [0.4, 0.5) is 0 Å². The Labute approximate surface area is 145 Å². The monoisotopic (exact) mass is 395 g/mol. The summed E-state index contributed by atoms with van der Waals surface area (Å²) in [5.41, 5.74) is 1.34. The van der Waals surface area contributed by atoms with Crippen LogP contribution in [0.25, 0.3) is 0 Å². The molecule has 2 rings (SSSR count). The van der Waals surface area contributed by atoms with Crippen LogP contribution in [0.5, 0.6) is 0 Å². The van der Waals surface area contributed by atoms with Crippen LogP contribution in [0.1, 0.15) is 35.3 Å². The first-order valence-corrected chi connectivity index (χ1v) is 9.86. The van der Waals surface area contributed by atoms with Crippen LogP contribution in [0.3, 0.4) is 0 Å². The Bertz CT molecular complexity index is 801. The number of carbonyl (C=O) groups is 1. The van der Waals surface area contributed by atoms with E-state index in [2.05, 4.69) is 21.2 Å². The van der Waals surface area contributed by atoms with Gasteiger partial charge >= 0.3 is 0 Å². The zero-order chi connectivity index (χ0) is 17.0. The lowest BCUT2D eigenvalue weighted by atomic mass is 10.0. The van der Waals surface area contributed by atoms with Gasteiger partial charge in [0.2, 0.25) is 0 Å². The molecule has 2 aromatic carbocycles. The highest BCUT2D eigenvalue weighted by Gasteiger charge is 2.16. The fourth-order valence-electron chi connectivity index (χ4n) is 2.23. The van der Waals surface area contributed by atoms with Gasteiger partial charge in [0.1, 0.15) is 0 Å². The topological polar surface area (TPSA) is 63.2 Å². The van der Waals surface area contributed by atoms with Crippen molar-refractivity contribution >= 4 is 31.7 Å². The Morgan fingerprint density at radius 1 is 1.17 bits per heavy atom. The van der Waals surface area contributed by atoms with Crippen molar-refractivity contribution in [2.45, 2.75) is 24.3 Å². The summed E-state index contributed by atoms with van der Waals surface area (Å²) in [4.78, 5) is 12.6. The summed E-state index contributed by atoms with van der Waals surface area (Å²) in [6.07, 6.45) is 1.86. The first-order valence-electron chi connectivity index (χ1n) is 7.17. The van der Waals surface area contributed by atoms with Crippen LogP contribution in [-0.4, -0.2) is 20.6 Å². The summed E-state index contributed by atoms with van der Waals surface area (Å²) in [7, 11) is -3.34. The Morgan fingerprint density at radius 3 is 2.39 bits per heavy atom. The maximum Gasteiger partial charge on any atom is 0.251 e. The van der Waals surface area contributed by atoms with Crippen molar-refractivity contribution in [3.8, 4) is 0 Å². The fourth-order valence-corrected chi connectivity index (χ4v) is 3.16. The molecule has 0 saturated heterocycles. The molecule has 0 radical (unpaired) electrons. The third kappa shape index (κ3) is 4.65. The molecule has 0 fully saturated rings. The summed E-state index contributed by atoms with van der Waals surface area (Å²) < 4.78 is 24.2. The zero-order valence-electron chi connectivity index (χ0n) is 12.9. The van der Waals surface area contributed by atoms with E-state index in [1.165, 1.54) is 12.1 Å². The number of amides is 1. The first-order chi connectivity index (χ1) is 10.8. The third-order valence-corrected chi connectivity index (χ3v) is 5.15. The summed E-state index contributed by atoms with van der Waals surface area (Å²) >= 11 is 3.39. The zero-order valence-corrected chi connectivity index (χ0v) is 15.3. The molecule has 0 aliphatic carbocycles. The molecule has 1 atom stereocenters. The van der Waals surface area contributed by atoms with E-state index in [4.69, 9.17) is 0 Å². The lowest BCUT2D eigenvalue weighted by Crippen LogP contribution is -2.28. The molecule has 2 aromatic rings. The van der Waals surface area contributed by atoms with E-state index < -0.39 is 9.84 Å². The number of hydrogen-bond donors (Lipinski definition) is 1. The van der Waals surface area contributed by atoms with Crippen LogP contribution in [0.2, 0.25) is 0 Å². The minimum absolute atomic E-state index is 0.127. The number of rotatable bonds is 5. The molecule has 0 aliphatic heterocycles. The first kappa shape index (κ1) is 17.7. The molecule has 0 bridgehead atoms. The molecule has 1 unspecified atom stereocenters. The van der Waals surface area contributed by atoms with Crippen molar-refractivity contribution in [3.05, 3.63) is 64.1 Å². The number of carbonyl (C=O) groups excluding carboxylic acids is 1. The van der Waals surface area contributed by atoms with Crippen molar-refractivity contribution in [2.24, 2.45) is 0 Å². The lowest BCUT2D eigenvalue weighted by molar-refractivity contribution is 0.0935. The van der Waals surface area contributed by atoms with Crippen molar-refractivity contribution < 1.29 is 13.2 Å². The van der Waals surface area contributed by atoms with Gasteiger partial charge in [-0.05, 0) is 42.3 Å². The van der Waals surface area contributed by atoms with Gasteiger partial charge in [-0.25, -0.2) is 8.42 Å². The molecule has 0 heterocycles. The molecule has 0 aromatic heterocycles. The van der Waals surface area contributed by atoms with Gasteiger partial charge in [0.25, 0.3) is 5.91 Å². The summed E-state index contributed by atoms with van der Waals surface area (Å²) in [6.45, 7) is 1.99. The molecule has 1 amide bonds. The molecule has 0 aliphatic rings. The van der Waals surface area contributed by atoms with Crippen LogP contribution in [0, 0.1) is 0 Å². The van der Waals surface area contributed by atoms with E-state index in [-0.39, 0.29) is 16.8 Å². The fraction of sp³-hybridized carbons (Fsp3) is 0.235. The highest BCUT2D eigenvalue weighted by molar-refractivity contribution is 9.10. The van der Waals surface area contributed by atoms with Gasteiger partial charge in [0.05, 0.1) is 10.9 Å². The highest BCUT2D eigenvalue weighted by atomic mass is 79.9. The predicted octanol–water partition coefficient (Wildman–Crippen LogP) is 3.73. The van der Waals surface area contributed by atoms with Crippen molar-refractivity contribution in [2.75, 3.05) is 6.26 Å².